The zero-order valence-electron chi connectivity index (χ0n) is 19.1. The van der Waals surface area contributed by atoms with Gasteiger partial charge in [-0.15, -0.1) is 0 Å². The first-order valence-corrected chi connectivity index (χ1v) is 11.4. The summed E-state index contributed by atoms with van der Waals surface area (Å²) >= 11 is 6.04. The lowest BCUT2D eigenvalue weighted by molar-refractivity contribution is -0.120. The van der Waals surface area contributed by atoms with Crippen LogP contribution in [0.4, 0.5) is 4.39 Å². The minimum Gasteiger partial charge on any atom is -0.378 e. The fraction of sp³-hybridized carbons (Fsp3) is 0.320. The number of nitrogens with zero attached hydrogens (tertiary/aromatic N) is 3. The number of ether oxygens (including phenoxy) is 1. The van der Waals surface area contributed by atoms with Gasteiger partial charge in [-0.3, -0.25) is 9.59 Å². The van der Waals surface area contributed by atoms with Crippen LogP contribution in [0.5, 0.6) is 0 Å². The molecule has 1 fully saturated rings. The molecule has 9 heteroatoms. The number of carbonyl (C=O) groups excluding carboxylic acids is 2. The van der Waals surface area contributed by atoms with Crippen LogP contribution in [0.2, 0.25) is 5.02 Å². The highest BCUT2D eigenvalue weighted by molar-refractivity contribution is 6.31. The highest BCUT2D eigenvalue weighted by Crippen LogP contribution is 2.20. The maximum absolute atomic E-state index is 13.2. The Morgan fingerprint density at radius 3 is 2.50 bits per heavy atom. The summed E-state index contributed by atoms with van der Waals surface area (Å²) < 4.78 is 20.3. The summed E-state index contributed by atoms with van der Waals surface area (Å²) in [6.45, 7) is 6.29. The lowest BCUT2D eigenvalue weighted by Crippen LogP contribution is -2.40. The van der Waals surface area contributed by atoms with Gasteiger partial charge in [0.1, 0.15) is 5.82 Å². The minimum atomic E-state index is -0.419. The number of rotatable bonds is 6. The molecule has 1 aliphatic heterocycles. The molecule has 178 valence electrons. The van der Waals surface area contributed by atoms with Crippen molar-refractivity contribution in [3.63, 3.8) is 0 Å². The van der Waals surface area contributed by atoms with Crippen molar-refractivity contribution in [3.8, 4) is 5.69 Å². The standard InChI is InChI=1S/C25H26ClFN4O3/c1-16-22(14-24(32)28-15-19-3-6-20(27)13-23(19)26)17(2)31(29-16)21-7-4-18(5-8-21)25(33)30-9-11-34-12-10-30/h3-8,13H,9-12,14-15H2,1-2H3,(H,28,32). The average molecular weight is 485 g/mol. The Bertz CT molecular complexity index is 1200. The summed E-state index contributed by atoms with van der Waals surface area (Å²) in [5.74, 6) is -0.614. The SMILES string of the molecule is Cc1nn(-c2ccc(C(=O)N3CCOCC3)cc2)c(C)c1CC(=O)NCc1ccc(F)cc1Cl. The van der Waals surface area contributed by atoms with Crippen LogP contribution in [0, 0.1) is 19.7 Å². The number of morpholine rings is 1. The van der Waals surface area contributed by atoms with Crippen LogP contribution >= 0.6 is 11.6 Å². The van der Waals surface area contributed by atoms with Crippen LogP contribution in [0.1, 0.15) is 32.9 Å². The fourth-order valence-corrected chi connectivity index (χ4v) is 4.19. The van der Waals surface area contributed by atoms with Crippen molar-refractivity contribution in [1.29, 1.82) is 0 Å². The number of aryl methyl sites for hydroxylation is 1. The predicted molar refractivity (Wildman–Crippen MR) is 127 cm³/mol. The molecular weight excluding hydrogens is 459 g/mol. The third kappa shape index (κ3) is 5.29. The summed E-state index contributed by atoms with van der Waals surface area (Å²) in [5.41, 5.74) is 4.50. The van der Waals surface area contributed by atoms with E-state index in [4.69, 9.17) is 16.3 Å². The van der Waals surface area contributed by atoms with E-state index in [0.717, 1.165) is 22.6 Å². The molecule has 1 saturated heterocycles. The first-order chi connectivity index (χ1) is 16.3. The number of hydrogen-bond donors (Lipinski definition) is 1. The average Bonchev–Trinajstić information content (AvgIpc) is 3.12. The van der Waals surface area contributed by atoms with E-state index in [-0.39, 0.29) is 29.8 Å². The molecule has 2 amide bonds. The third-order valence-corrected chi connectivity index (χ3v) is 6.28. The van der Waals surface area contributed by atoms with Crippen LogP contribution < -0.4 is 5.32 Å². The van der Waals surface area contributed by atoms with Crippen molar-refractivity contribution < 1.29 is 18.7 Å². The lowest BCUT2D eigenvalue weighted by atomic mass is 10.1. The molecule has 7 nitrogen and oxygen atoms in total. The van der Waals surface area contributed by atoms with Gasteiger partial charge >= 0.3 is 0 Å². The van der Waals surface area contributed by atoms with Crippen molar-refractivity contribution in [2.24, 2.45) is 0 Å². The van der Waals surface area contributed by atoms with Crippen molar-refractivity contribution in [2.45, 2.75) is 26.8 Å². The summed E-state index contributed by atoms with van der Waals surface area (Å²) in [6.07, 6.45) is 0.157. The van der Waals surface area contributed by atoms with Crippen molar-refractivity contribution in [2.75, 3.05) is 26.3 Å². The monoisotopic (exact) mass is 484 g/mol. The van der Waals surface area contributed by atoms with Gasteiger partial charge < -0.3 is 15.0 Å². The van der Waals surface area contributed by atoms with Gasteiger partial charge in [0, 0.05) is 41.5 Å². The highest BCUT2D eigenvalue weighted by atomic mass is 35.5. The highest BCUT2D eigenvalue weighted by Gasteiger charge is 2.20. The normalized spacial score (nSPS) is 13.7. The quantitative estimate of drug-likeness (QED) is 0.580. The molecule has 0 bridgehead atoms. The van der Waals surface area contributed by atoms with Crippen molar-refractivity contribution in [1.82, 2.24) is 20.0 Å². The zero-order valence-corrected chi connectivity index (χ0v) is 19.9. The molecule has 1 N–H and O–H groups in total. The van der Waals surface area contributed by atoms with Gasteiger partial charge in [0.05, 0.1) is 31.0 Å². The van der Waals surface area contributed by atoms with Gasteiger partial charge in [0.25, 0.3) is 5.91 Å². The lowest BCUT2D eigenvalue weighted by Gasteiger charge is -2.26. The first-order valence-electron chi connectivity index (χ1n) is 11.1. The molecule has 34 heavy (non-hydrogen) atoms. The Morgan fingerprint density at radius 2 is 1.82 bits per heavy atom. The Labute approximate surface area is 202 Å². The van der Waals surface area contributed by atoms with E-state index >= 15 is 0 Å². The molecule has 0 saturated carbocycles. The van der Waals surface area contributed by atoms with Gasteiger partial charge in [-0.2, -0.15) is 5.10 Å². The maximum atomic E-state index is 13.2. The van der Waals surface area contributed by atoms with Gasteiger partial charge in [0.2, 0.25) is 5.91 Å². The number of nitrogens with one attached hydrogen (secondary N) is 1. The number of carbonyl (C=O) groups is 2. The Morgan fingerprint density at radius 1 is 1.12 bits per heavy atom. The number of halogens is 2. The van der Waals surface area contributed by atoms with Crippen LogP contribution in [0.15, 0.2) is 42.5 Å². The van der Waals surface area contributed by atoms with Gasteiger partial charge in [0.15, 0.2) is 0 Å². The van der Waals surface area contributed by atoms with Crippen molar-refractivity contribution in [3.05, 3.63) is 81.4 Å². The Kier molecular flexibility index (Phi) is 7.29. The number of benzene rings is 2. The van der Waals surface area contributed by atoms with E-state index in [2.05, 4.69) is 10.4 Å². The van der Waals surface area contributed by atoms with E-state index in [9.17, 15) is 14.0 Å². The maximum Gasteiger partial charge on any atom is 0.254 e. The van der Waals surface area contributed by atoms with E-state index in [1.54, 1.807) is 27.8 Å². The van der Waals surface area contributed by atoms with Gasteiger partial charge in [-0.1, -0.05) is 17.7 Å². The molecular formula is C25H26ClFN4O3. The van der Waals surface area contributed by atoms with E-state index in [1.165, 1.54) is 12.1 Å². The van der Waals surface area contributed by atoms with Crippen LogP contribution in [-0.4, -0.2) is 52.8 Å². The Balaban J connectivity index is 1.43. The fourth-order valence-electron chi connectivity index (χ4n) is 3.96. The molecule has 4 rings (SSSR count). The second-order valence-electron chi connectivity index (χ2n) is 8.20. The van der Waals surface area contributed by atoms with Crippen LogP contribution in [0.25, 0.3) is 5.69 Å². The number of hydrogen-bond acceptors (Lipinski definition) is 4. The molecule has 0 aliphatic carbocycles. The van der Waals surface area contributed by atoms with E-state index in [1.807, 2.05) is 26.0 Å². The Hall–Kier alpha value is -3.23. The first kappa shape index (κ1) is 23.9. The number of aromatic nitrogens is 2. The molecule has 2 aromatic carbocycles. The molecule has 3 aromatic rings. The molecule has 1 aliphatic rings. The molecule has 0 radical (unpaired) electrons. The minimum absolute atomic E-state index is 0.0122. The predicted octanol–water partition coefficient (Wildman–Crippen LogP) is 3.61. The molecule has 0 atom stereocenters. The summed E-state index contributed by atoms with van der Waals surface area (Å²) in [4.78, 5) is 27.0. The summed E-state index contributed by atoms with van der Waals surface area (Å²) in [6, 6.07) is 11.4. The zero-order chi connectivity index (χ0) is 24.2. The largest absolute Gasteiger partial charge is 0.378 e. The topological polar surface area (TPSA) is 76.5 Å². The van der Waals surface area contributed by atoms with E-state index in [0.29, 0.717) is 37.4 Å². The molecule has 2 heterocycles. The second-order valence-corrected chi connectivity index (χ2v) is 8.61. The summed E-state index contributed by atoms with van der Waals surface area (Å²) in [5, 5.41) is 7.70. The van der Waals surface area contributed by atoms with Gasteiger partial charge in [-0.25, -0.2) is 9.07 Å². The van der Waals surface area contributed by atoms with Crippen molar-refractivity contribution >= 4 is 23.4 Å². The van der Waals surface area contributed by atoms with Gasteiger partial charge in [-0.05, 0) is 55.8 Å². The molecule has 1 aromatic heterocycles. The molecule has 0 unspecified atom stereocenters. The van der Waals surface area contributed by atoms with Crippen LogP contribution in [-0.2, 0) is 22.5 Å². The summed E-state index contributed by atoms with van der Waals surface area (Å²) in [7, 11) is 0. The number of amides is 2. The smallest absolute Gasteiger partial charge is 0.254 e. The van der Waals surface area contributed by atoms with E-state index < -0.39 is 5.82 Å². The molecule has 0 spiro atoms. The third-order valence-electron chi connectivity index (χ3n) is 5.93. The van der Waals surface area contributed by atoms with Crippen LogP contribution in [0.3, 0.4) is 0 Å². The second kappa shape index (κ2) is 10.4.